The second-order valence-electron chi connectivity index (χ2n) is 4.78. The average molecular weight is 302 g/mol. The molecular formula is C13H16ClNO3S. The predicted octanol–water partition coefficient (Wildman–Crippen LogP) is 1.23. The van der Waals surface area contributed by atoms with Crippen molar-refractivity contribution in [3.63, 3.8) is 0 Å². The fourth-order valence-corrected chi connectivity index (χ4v) is 3.85. The van der Waals surface area contributed by atoms with Crippen LogP contribution < -0.4 is 5.32 Å². The highest BCUT2D eigenvalue weighted by Gasteiger charge is 2.25. The number of hydrogen-bond donors (Lipinski definition) is 1. The van der Waals surface area contributed by atoms with Gasteiger partial charge >= 0.3 is 0 Å². The minimum atomic E-state index is -3.00. The summed E-state index contributed by atoms with van der Waals surface area (Å²) in [7, 11) is -3.00. The number of sulfone groups is 1. The lowest BCUT2D eigenvalue weighted by atomic mass is 10.0. The van der Waals surface area contributed by atoms with Crippen molar-refractivity contribution in [3.8, 4) is 0 Å². The first-order valence-electron chi connectivity index (χ1n) is 6.15. The van der Waals surface area contributed by atoms with E-state index in [2.05, 4.69) is 5.32 Å². The number of halogens is 1. The number of benzene rings is 1. The highest BCUT2D eigenvalue weighted by atomic mass is 35.5. The number of nitrogens with one attached hydrogen (secondary N) is 1. The van der Waals surface area contributed by atoms with E-state index in [1.165, 1.54) is 0 Å². The molecule has 0 amide bonds. The smallest absolute Gasteiger partial charge is 0.153 e. The van der Waals surface area contributed by atoms with Crippen LogP contribution in [0.5, 0.6) is 0 Å². The summed E-state index contributed by atoms with van der Waals surface area (Å²) >= 11 is 5.99. The van der Waals surface area contributed by atoms with Crippen LogP contribution in [0.1, 0.15) is 12.0 Å². The molecule has 1 fully saturated rings. The molecule has 0 radical (unpaired) electrons. The maximum atomic E-state index is 12.0. The number of rotatable bonds is 4. The highest BCUT2D eigenvalue weighted by molar-refractivity contribution is 7.91. The Labute approximate surface area is 118 Å². The maximum absolute atomic E-state index is 12.0. The van der Waals surface area contributed by atoms with Gasteiger partial charge in [-0.1, -0.05) is 29.8 Å². The molecule has 1 aliphatic rings. The lowest BCUT2D eigenvalue weighted by molar-refractivity contribution is -0.118. The van der Waals surface area contributed by atoms with E-state index in [0.29, 0.717) is 11.6 Å². The van der Waals surface area contributed by atoms with Gasteiger partial charge in [0.25, 0.3) is 0 Å². The van der Waals surface area contributed by atoms with Crippen LogP contribution in [-0.4, -0.2) is 38.3 Å². The predicted molar refractivity (Wildman–Crippen MR) is 75.2 cm³/mol. The minimum absolute atomic E-state index is 0.00250. The van der Waals surface area contributed by atoms with Gasteiger partial charge in [0.15, 0.2) is 9.84 Å². The Morgan fingerprint density at radius 2 is 2.11 bits per heavy atom. The molecule has 1 aromatic rings. The summed E-state index contributed by atoms with van der Waals surface area (Å²) in [6, 6.07) is 6.93. The maximum Gasteiger partial charge on any atom is 0.153 e. The molecule has 1 atom stereocenters. The molecule has 0 saturated carbocycles. The summed E-state index contributed by atoms with van der Waals surface area (Å²) in [5.41, 5.74) is 0.785. The Kier molecular flexibility index (Phi) is 4.60. The molecule has 104 valence electrons. The third kappa shape index (κ3) is 4.30. The minimum Gasteiger partial charge on any atom is -0.312 e. The molecule has 0 bridgehead atoms. The van der Waals surface area contributed by atoms with E-state index in [-0.39, 0.29) is 36.2 Å². The van der Waals surface area contributed by atoms with Crippen molar-refractivity contribution in [2.24, 2.45) is 0 Å². The Hall–Kier alpha value is -0.910. The van der Waals surface area contributed by atoms with Crippen molar-refractivity contribution < 1.29 is 13.2 Å². The van der Waals surface area contributed by atoms with Crippen molar-refractivity contribution in [2.45, 2.75) is 18.9 Å². The summed E-state index contributed by atoms with van der Waals surface area (Å²) in [6.45, 7) is 0.423. The zero-order chi connectivity index (χ0) is 13.9. The van der Waals surface area contributed by atoms with Crippen LogP contribution in [0.25, 0.3) is 0 Å². The van der Waals surface area contributed by atoms with Crippen LogP contribution in [0.4, 0.5) is 0 Å². The van der Waals surface area contributed by atoms with Crippen molar-refractivity contribution in [2.75, 3.05) is 18.1 Å². The van der Waals surface area contributed by atoms with E-state index in [9.17, 15) is 13.2 Å². The van der Waals surface area contributed by atoms with Gasteiger partial charge in [-0.2, -0.15) is 0 Å². The van der Waals surface area contributed by atoms with Crippen LogP contribution in [0.3, 0.4) is 0 Å². The number of ketones is 1. The zero-order valence-electron chi connectivity index (χ0n) is 10.4. The normalized spacial score (nSPS) is 22.1. The molecule has 1 aliphatic heterocycles. The van der Waals surface area contributed by atoms with Gasteiger partial charge in [-0.25, -0.2) is 8.42 Å². The Balaban J connectivity index is 1.93. The summed E-state index contributed by atoms with van der Waals surface area (Å²) in [4.78, 5) is 12.0. The molecule has 1 saturated heterocycles. The quantitative estimate of drug-likeness (QED) is 0.908. The molecule has 0 spiro atoms. The molecule has 0 aromatic heterocycles. The first-order valence-corrected chi connectivity index (χ1v) is 8.35. The zero-order valence-corrected chi connectivity index (χ0v) is 12.0. The second kappa shape index (κ2) is 6.03. The van der Waals surface area contributed by atoms with Gasteiger partial charge in [-0.3, -0.25) is 4.79 Å². The first-order chi connectivity index (χ1) is 8.96. The molecule has 1 aromatic carbocycles. The monoisotopic (exact) mass is 301 g/mol. The van der Waals surface area contributed by atoms with Crippen molar-refractivity contribution in [1.29, 1.82) is 0 Å². The molecule has 1 heterocycles. The second-order valence-corrected chi connectivity index (χ2v) is 7.41. The SMILES string of the molecule is O=C(Cc1ccccc1Cl)CC1CS(=O)(=O)CCN1. The number of hydrogen-bond acceptors (Lipinski definition) is 4. The van der Waals surface area contributed by atoms with Gasteiger partial charge in [0.1, 0.15) is 5.78 Å². The standard InChI is InChI=1S/C13H16ClNO3S/c14-13-4-2-1-3-10(13)7-12(16)8-11-9-19(17,18)6-5-15-11/h1-4,11,15H,5-9H2. The molecule has 2 rings (SSSR count). The van der Waals surface area contributed by atoms with Crippen molar-refractivity contribution in [1.82, 2.24) is 5.32 Å². The lowest BCUT2D eigenvalue weighted by Crippen LogP contribution is -2.46. The van der Waals surface area contributed by atoms with Crippen molar-refractivity contribution in [3.05, 3.63) is 34.9 Å². The third-order valence-corrected chi connectivity index (χ3v) is 5.23. The highest BCUT2D eigenvalue weighted by Crippen LogP contribution is 2.17. The van der Waals surface area contributed by atoms with Crippen molar-refractivity contribution >= 4 is 27.2 Å². The Morgan fingerprint density at radius 3 is 2.79 bits per heavy atom. The molecule has 4 nitrogen and oxygen atoms in total. The van der Waals surface area contributed by atoms with E-state index < -0.39 is 9.84 Å². The average Bonchev–Trinajstić information content (AvgIpc) is 2.30. The van der Waals surface area contributed by atoms with Crippen LogP contribution in [-0.2, 0) is 21.1 Å². The Morgan fingerprint density at radius 1 is 1.37 bits per heavy atom. The first kappa shape index (κ1) is 14.5. The van der Waals surface area contributed by atoms with Crippen LogP contribution >= 0.6 is 11.6 Å². The van der Waals surface area contributed by atoms with Crippen LogP contribution in [0.2, 0.25) is 5.02 Å². The molecule has 1 N–H and O–H groups in total. The van der Waals surface area contributed by atoms with Crippen LogP contribution in [0.15, 0.2) is 24.3 Å². The summed E-state index contributed by atoms with van der Waals surface area (Å²) in [6.07, 6.45) is 0.475. The molecule has 19 heavy (non-hydrogen) atoms. The van der Waals surface area contributed by atoms with E-state index in [0.717, 1.165) is 5.56 Å². The molecule has 1 unspecified atom stereocenters. The number of carbonyl (C=O) groups is 1. The van der Waals surface area contributed by atoms with Crippen LogP contribution in [0, 0.1) is 0 Å². The summed E-state index contributed by atoms with van der Waals surface area (Å²) in [5.74, 6) is 0.200. The van der Waals surface area contributed by atoms with Gasteiger partial charge in [0.2, 0.25) is 0 Å². The van der Waals surface area contributed by atoms with E-state index >= 15 is 0 Å². The third-order valence-electron chi connectivity index (χ3n) is 3.12. The topological polar surface area (TPSA) is 63.2 Å². The van der Waals surface area contributed by atoms with Gasteiger partial charge < -0.3 is 5.32 Å². The summed E-state index contributed by atoms with van der Waals surface area (Å²) < 4.78 is 23.0. The van der Waals surface area contributed by atoms with Gasteiger partial charge in [0.05, 0.1) is 11.5 Å². The van der Waals surface area contributed by atoms with Gasteiger partial charge in [-0.15, -0.1) is 0 Å². The number of carbonyl (C=O) groups excluding carboxylic acids is 1. The summed E-state index contributed by atoms with van der Waals surface area (Å²) in [5, 5.41) is 3.64. The fourth-order valence-electron chi connectivity index (χ4n) is 2.20. The Bertz CT molecular complexity index is 571. The lowest BCUT2D eigenvalue weighted by Gasteiger charge is -2.23. The van der Waals surface area contributed by atoms with E-state index in [4.69, 9.17) is 11.6 Å². The largest absolute Gasteiger partial charge is 0.312 e. The number of Topliss-reactive ketones (excluding diaryl/α,β-unsaturated/α-hetero) is 1. The van der Waals surface area contributed by atoms with Gasteiger partial charge in [-0.05, 0) is 11.6 Å². The van der Waals surface area contributed by atoms with E-state index in [1.54, 1.807) is 6.07 Å². The molecule has 0 aliphatic carbocycles. The van der Waals surface area contributed by atoms with Gasteiger partial charge in [0, 0.05) is 30.5 Å². The fraction of sp³-hybridized carbons (Fsp3) is 0.462. The molecule has 6 heteroatoms. The molecular weight excluding hydrogens is 286 g/mol. The van der Waals surface area contributed by atoms with E-state index in [1.807, 2.05) is 18.2 Å².